The molecule has 107 heavy (non-hydrogen) atoms. The fraction of sp³-hybridized carbons (Fsp3) is 0.124. The van der Waals surface area contributed by atoms with Crippen LogP contribution in [0.4, 0.5) is 34.1 Å². The zero-order valence-corrected chi connectivity index (χ0v) is 61.9. The van der Waals surface area contributed by atoms with E-state index in [-0.39, 0.29) is 16.2 Å². The third-order valence-corrected chi connectivity index (χ3v) is 25.1. The first kappa shape index (κ1) is 64.3. The molecule has 0 aliphatic heterocycles. The van der Waals surface area contributed by atoms with Crippen LogP contribution in [0.2, 0.25) is 0 Å². The highest BCUT2D eigenvalue weighted by Gasteiger charge is 2.48. The summed E-state index contributed by atoms with van der Waals surface area (Å²) in [6.45, 7) is 19.0. The standard InChI is InChI=1S/C105H82N2/c1-66-58-72(49-57-98(66)106(77-50-54-86-83-36-19-23-40-90(83)102(4,5)95(86)62-77)78-51-56-88-85-38-21-26-43-93(85)105(97(88)64-78,75-30-11-9-12-31-75)76-32-13-10-14-33-76)81-53-48-73(80-34-17-18-35-82(80)81)65-104(8)92-42-25-22-39-89(92)100-94(104)44-27-45-99(100)107(79-52-55-87-84-37-20-24-41-91(84)103(6,7)96(87)63-79)101-67(2)59-74(60-68(101)3)71-47-46-69-28-15-16-29-70(69)61-71/h9-64H,65H2,1-8H3. The van der Waals surface area contributed by atoms with Crippen LogP contribution in [0.15, 0.2) is 340 Å². The van der Waals surface area contributed by atoms with Gasteiger partial charge in [0.15, 0.2) is 0 Å². The van der Waals surface area contributed by atoms with E-state index in [1.807, 2.05) is 0 Å². The third-order valence-electron chi connectivity index (χ3n) is 25.1. The normalized spacial score (nSPS) is 15.4. The van der Waals surface area contributed by atoms with Gasteiger partial charge in [-0.2, -0.15) is 0 Å². The first-order chi connectivity index (χ1) is 52.2. The lowest BCUT2D eigenvalue weighted by atomic mass is 9.67. The first-order valence-electron chi connectivity index (χ1n) is 38.1. The molecule has 2 nitrogen and oxygen atoms in total. The van der Waals surface area contributed by atoms with Crippen molar-refractivity contribution in [1.82, 2.24) is 0 Å². The van der Waals surface area contributed by atoms with E-state index in [4.69, 9.17) is 0 Å². The van der Waals surface area contributed by atoms with Crippen LogP contribution in [0, 0.1) is 20.8 Å². The SMILES string of the molecule is Cc1cc(-c2ccc(CC3(C)c4ccccc4-c4c(N(c5ccc6c(c5)C(C)(C)c5ccccc5-6)c5c(C)cc(-c6ccc7ccccc7c6)cc5C)cccc43)c3ccccc23)ccc1N(c1ccc2c(c1)C(C)(C)c1ccccc1-2)c1ccc2c(c1)C(c1ccccc1)(c1ccccc1)c1ccccc1-2. The van der Waals surface area contributed by atoms with Crippen molar-refractivity contribution in [3.8, 4) is 66.8 Å². The van der Waals surface area contributed by atoms with Gasteiger partial charge in [-0.3, -0.25) is 0 Å². The molecule has 1 atom stereocenters. The minimum Gasteiger partial charge on any atom is -0.310 e. The number of rotatable bonds is 12. The molecule has 4 aliphatic carbocycles. The van der Waals surface area contributed by atoms with Crippen LogP contribution in [0.5, 0.6) is 0 Å². The summed E-state index contributed by atoms with van der Waals surface area (Å²) in [6, 6.07) is 129. The van der Waals surface area contributed by atoms with Crippen molar-refractivity contribution in [2.75, 3.05) is 9.80 Å². The van der Waals surface area contributed by atoms with Gasteiger partial charge in [0.25, 0.3) is 0 Å². The van der Waals surface area contributed by atoms with E-state index in [2.05, 4.69) is 405 Å². The molecule has 16 aromatic rings. The zero-order valence-electron chi connectivity index (χ0n) is 61.9. The molecule has 0 amide bonds. The van der Waals surface area contributed by atoms with Crippen LogP contribution in [0.1, 0.15) is 113 Å². The van der Waals surface area contributed by atoms with Crippen molar-refractivity contribution in [3.63, 3.8) is 0 Å². The summed E-state index contributed by atoms with van der Waals surface area (Å²) in [6.07, 6.45) is 0.808. The summed E-state index contributed by atoms with van der Waals surface area (Å²) in [5.41, 5.74) is 39.1. The van der Waals surface area contributed by atoms with Gasteiger partial charge in [0.2, 0.25) is 0 Å². The second-order valence-corrected chi connectivity index (χ2v) is 31.8. The maximum Gasteiger partial charge on any atom is 0.0714 e. The van der Waals surface area contributed by atoms with E-state index in [0.717, 1.165) is 29.2 Å². The summed E-state index contributed by atoms with van der Waals surface area (Å²) in [5.74, 6) is 0. The Morgan fingerprint density at radius 3 is 1.34 bits per heavy atom. The van der Waals surface area contributed by atoms with E-state index in [1.165, 1.54) is 178 Å². The monoisotopic (exact) mass is 1370 g/mol. The van der Waals surface area contributed by atoms with Gasteiger partial charge in [-0.15, -0.1) is 0 Å². The first-order valence-corrected chi connectivity index (χ1v) is 38.1. The fourth-order valence-electron chi connectivity index (χ4n) is 20.1. The largest absolute Gasteiger partial charge is 0.310 e. The highest BCUT2D eigenvalue weighted by Crippen LogP contribution is 2.61. The number of fused-ring (bicyclic) bond motifs is 14. The Hall–Kier alpha value is -12.4. The molecule has 0 bridgehead atoms. The number of nitrogens with zero attached hydrogens (tertiary/aromatic N) is 2. The molecule has 0 spiro atoms. The minimum absolute atomic E-state index is 0.184. The zero-order chi connectivity index (χ0) is 72.2. The fourth-order valence-corrected chi connectivity index (χ4v) is 20.1. The molecule has 0 aromatic heterocycles. The molecule has 0 N–H and O–H groups in total. The molecular weight excluding hydrogens is 1290 g/mol. The summed E-state index contributed by atoms with van der Waals surface area (Å²) < 4.78 is 0. The van der Waals surface area contributed by atoms with E-state index >= 15 is 0 Å². The molecule has 1 unspecified atom stereocenters. The molecule has 0 fully saturated rings. The van der Waals surface area contributed by atoms with Crippen molar-refractivity contribution in [2.45, 2.75) is 83.5 Å². The van der Waals surface area contributed by atoms with Gasteiger partial charge in [0.1, 0.15) is 0 Å². The number of aryl methyl sites for hydroxylation is 3. The third kappa shape index (κ3) is 9.57. The number of hydrogen-bond acceptors (Lipinski definition) is 2. The Bertz CT molecular complexity index is 6300. The van der Waals surface area contributed by atoms with Crippen molar-refractivity contribution in [2.24, 2.45) is 0 Å². The molecule has 512 valence electrons. The molecule has 20 rings (SSSR count). The second-order valence-electron chi connectivity index (χ2n) is 31.8. The van der Waals surface area contributed by atoms with Crippen LogP contribution in [0.25, 0.3) is 88.3 Å². The van der Waals surface area contributed by atoms with E-state index in [1.54, 1.807) is 0 Å². The maximum absolute atomic E-state index is 2.62. The minimum atomic E-state index is -0.559. The summed E-state index contributed by atoms with van der Waals surface area (Å²) in [7, 11) is 0. The van der Waals surface area contributed by atoms with Gasteiger partial charge in [-0.25, -0.2) is 0 Å². The lowest BCUT2D eigenvalue weighted by molar-refractivity contribution is 0.585. The van der Waals surface area contributed by atoms with Crippen LogP contribution in [-0.4, -0.2) is 0 Å². The predicted molar refractivity (Wildman–Crippen MR) is 450 cm³/mol. The average Bonchev–Trinajstić information content (AvgIpc) is 1.56. The topological polar surface area (TPSA) is 6.48 Å². The molecule has 0 heterocycles. The Balaban J connectivity index is 0.707. The predicted octanol–water partition coefficient (Wildman–Crippen LogP) is 27.7. The second kappa shape index (κ2) is 24.1. The van der Waals surface area contributed by atoms with E-state index in [0.29, 0.717) is 0 Å². The van der Waals surface area contributed by atoms with Crippen LogP contribution >= 0.6 is 0 Å². The lowest BCUT2D eigenvalue weighted by Crippen LogP contribution is -2.28. The quantitative estimate of drug-likeness (QED) is 0.120. The van der Waals surface area contributed by atoms with Crippen LogP contribution in [0.3, 0.4) is 0 Å². The summed E-state index contributed by atoms with van der Waals surface area (Å²) >= 11 is 0. The van der Waals surface area contributed by atoms with Crippen LogP contribution < -0.4 is 9.80 Å². The summed E-state index contributed by atoms with van der Waals surface area (Å²) in [5, 5.41) is 5.03. The highest BCUT2D eigenvalue weighted by molar-refractivity contribution is 6.02. The Morgan fingerprint density at radius 2 is 0.720 bits per heavy atom. The smallest absolute Gasteiger partial charge is 0.0714 e. The number of benzene rings is 16. The number of hydrogen-bond donors (Lipinski definition) is 0. The Morgan fingerprint density at radius 1 is 0.262 bits per heavy atom. The van der Waals surface area contributed by atoms with E-state index in [9.17, 15) is 0 Å². The Kier molecular flexibility index (Phi) is 14.5. The molecule has 0 saturated heterocycles. The molecule has 0 saturated carbocycles. The van der Waals surface area contributed by atoms with E-state index < -0.39 is 5.41 Å². The van der Waals surface area contributed by atoms with Crippen molar-refractivity contribution < 1.29 is 0 Å². The van der Waals surface area contributed by atoms with Gasteiger partial charge in [-0.1, -0.05) is 302 Å². The van der Waals surface area contributed by atoms with Crippen molar-refractivity contribution in [3.05, 3.63) is 418 Å². The molecule has 16 aromatic carbocycles. The maximum atomic E-state index is 2.62. The van der Waals surface area contributed by atoms with Gasteiger partial charge >= 0.3 is 0 Å². The number of anilines is 6. The highest BCUT2D eigenvalue weighted by atomic mass is 15.2. The van der Waals surface area contributed by atoms with Gasteiger partial charge in [0, 0.05) is 44.6 Å². The Labute approximate surface area is 629 Å². The molecule has 0 radical (unpaired) electrons. The van der Waals surface area contributed by atoms with Crippen LogP contribution in [-0.2, 0) is 28.1 Å². The van der Waals surface area contributed by atoms with Gasteiger partial charge in [0.05, 0.1) is 16.8 Å². The molecule has 4 aliphatic rings. The molecule has 2 heteroatoms. The van der Waals surface area contributed by atoms with Gasteiger partial charge < -0.3 is 9.80 Å². The average molecular weight is 1370 g/mol. The lowest BCUT2D eigenvalue weighted by Gasteiger charge is -2.35. The molecular formula is C105H82N2. The van der Waals surface area contributed by atoms with Crippen molar-refractivity contribution >= 4 is 55.7 Å². The van der Waals surface area contributed by atoms with Crippen molar-refractivity contribution in [1.29, 1.82) is 0 Å². The van der Waals surface area contributed by atoms with Gasteiger partial charge in [-0.05, 0) is 261 Å². The summed E-state index contributed by atoms with van der Waals surface area (Å²) in [4.78, 5) is 5.16.